The van der Waals surface area contributed by atoms with Crippen LogP contribution in [-0.4, -0.2) is 39.9 Å². The lowest BCUT2D eigenvalue weighted by molar-refractivity contribution is 0.184. The molecule has 2 rings (SSSR count). The van der Waals surface area contributed by atoms with Crippen molar-refractivity contribution in [3.8, 4) is 0 Å². The van der Waals surface area contributed by atoms with Crippen LogP contribution in [0.5, 0.6) is 0 Å². The number of aromatic nitrogens is 3. The molecule has 5 heteroatoms. The molecule has 1 unspecified atom stereocenters. The van der Waals surface area contributed by atoms with Gasteiger partial charge in [-0.15, -0.1) is 5.10 Å². The van der Waals surface area contributed by atoms with E-state index in [9.17, 15) is 0 Å². The number of aliphatic hydroxyl groups excluding tert-OH is 1. The molecule has 1 saturated heterocycles. The van der Waals surface area contributed by atoms with Crippen molar-refractivity contribution in [2.45, 2.75) is 25.3 Å². The number of hydrogen-bond acceptors (Lipinski definition) is 4. The van der Waals surface area contributed by atoms with E-state index in [4.69, 9.17) is 9.84 Å². The number of aliphatic hydroxyl groups is 1. The molecule has 0 amide bonds. The van der Waals surface area contributed by atoms with Gasteiger partial charge in [0.15, 0.2) is 0 Å². The topological polar surface area (TPSA) is 60.2 Å². The molecular weight excluding hydrogens is 182 g/mol. The minimum absolute atomic E-state index is 0.208. The molecular formula is C9H15N3O2. The van der Waals surface area contributed by atoms with Crippen LogP contribution in [0.2, 0.25) is 0 Å². The SMILES string of the molecule is OCCCc1cn(C2CCOC2)nn1. The maximum Gasteiger partial charge on any atom is 0.0828 e. The maximum atomic E-state index is 8.67. The molecule has 0 aliphatic carbocycles. The molecule has 0 bridgehead atoms. The number of nitrogens with zero attached hydrogens (tertiary/aromatic N) is 3. The Kier molecular flexibility index (Phi) is 3.10. The first-order valence-electron chi connectivity index (χ1n) is 4.99. The van der Waals surface area contributed by atoms with Crippen LogP contribution in [0, 0.1) is 0 Å². The van der Waals surface area contributed by atoms with Crippen LogP contribution in [0.15, 0.2) is 6.20 Å². The average molecular weight is 197 g/mol. The summed E-state index contributed by atoms with van der Waals surface area (Å²) in [6.45, 7) is 1.76. The minimum Gasteiger partial charge on any atom is -0.396 e. The molecule has 0 spiro atoms. The summed E-state index contributed by atoms with van der Waals surface area (Å²) in [6, 6.07) is 0.352. The van der Waals surface area contributed by atoms with Gasteiger partial charge in [-0.3, -0.25) is 0 Å². The third-order valence-corrected chi connectivity index (χ3v) is 2.43. The van der Waals surface area contributed by atoms with Crippen molar-refractivity contribution in [3.05, 3.63) is 11.9 Å². The maximum absolute atomic E-state index is 8.67. The fourth-order valence-electron chi connectivity index (χ4n) is 1.60. The Bertz CT molecular complexity index is 281. The molecule has 1 aromatic rings. The van der Waals surface area contributed by atoms with E-state index in [0.29, 0.717) is 6.04 Å². The monoisotopic (exact) mass is 197 g/mol. The Hall–Kier alpha value is -0.940. The Labute approximate surface area is 82.7 Å². The first-order valence-corrected chi connectivity index (χ1v) is 4.99. The minimum atomic E-state index is 0.208. The van der Waals surface area contributed by atoms with E-state index < -0.39 is 0 Å². The molecule has 0 radical (unpaired) electrons. The van der Waals surface area contributed by atoms with Crippen LogP contribution >= 0.6 is 0 Å². The van der Waals surface area contributed by atoms with E-state index >= 15 is 0 Å². The lowest BCUT2D eigenvalue weighted by Crippen LogP contribution is -2.08. The largest absolute Gasteiger partial charge is 0.396 e. The molecule has 1 aliphatic heterocycles. The van der Waals surface area contributed by atoms with Gasteiger partial charge in [-0.1, -0.05) is 5.21 Å². The highest BCUT2D eigenvalue weighted by Gasteiger charge is 2.18. The Morgan fingerprint density at radius 3 is 3.29 bits per heavy atom. The Balaban J connectivity index is 1.94. The molecule has 1 aliphatic rings. The van der Waals surface area contributed by atoms with Crippen LogP contribution < -0.4 is 0 Å². The number of aryl methyl sites for hydroxylation is 1. The van der Waals surface area contributed by atoms with Crippen molar-refractivity contribution in [3.63, 3.8) is 0 Å². The average Bonchev–Trinajstić information content (AvgIpc) is 2.85. The molecule has 1 atom stereocenters. The quantitative estimate of drug-likeness (QED) is 0.747. The highest BCUT2D eigenvalue weighted by atomic mass is 16.5. The van der Waals surface area contributed by atoms with Crippen molar-refractivity contribution >= 4 is 0 Å². The second-order valence-corrected chi connectivity index (χ2v) is 3.53. The van der Waals surface area contributed by atoms with Gasteiger partial charge in [-0.05, 0) is 19.3 Å². The van der Waals surface area contributed by atoms with E-state index in [2.05, 4.69) is 10.3 Å². The van der Waals surface area contributed by atoms with E-state index in [1.54, 1.807) is 0 Å². The van der Waals surface area contributed by atoms with Crippen molar-refractivity contribution in [2.75, 3.05) is 19.8 Å². The van der Waals surface area contributed by atoms with Gasteiger partial charge >= 0.3 is 0 Å². The van der Waals surface area contributed by atoms with E-state index in [0.717, 1.165) is 38.2 Å². The molecule has 1 N–H and O–H groups in total. The zero-order valence-corrected chi connectivity index (χ0v) is 8.09. The van der Waals surface area contributed by atoms with Crippen molar-refractivity contribution in [2.24, 2.45) is 0 Å². The lowest BCUT2D eigenvalue weighted by Gasteiger charge is -2.04. The second-order valence-electron chi connectivity index (χ2n) is 3.53. The van der Waals surface area contributed by atoms with E-state index in [-0.39, 0.29) is 6.61 Å². The van der Waals surface area contributed by atoms with Crippen LogP contribution in [-0.2, 0) is 11.2 Å². The number of rotatable bonds is 4. The summed E-state index contributed by atoms with van der Waals surface area (Å²) in [5.41, 5.74) is 0.950. The number of ether oxygens (including phenoxy) is 1. The summed E-state index contributed by atoms with van der Waals surface area (Å²) in [7, 11) is 0. The van der Waals surface area contributed by atoms with Crippen molar-refractivity contribution < 1.29 is 9.84 Å². The Morgan fingerprint density at radius 1 is 1.64 bits per heavy atom. The van der Waals surface area contributed by atoms with E-state index in [1.165, 1.54) is 0 Å². The molecule has 5 nitrogen and oxygen atoms in total. The third kappa shape index (κ3) is 2.10. The second kappa shape index (κ2) is 4.52. The predicted molar refractivity (Wildman–Crippen MR) is 49.9 cm³/mol. The zero-order valence-electron chi connectivity index (χ0n) is 8.09. The molecule has 2 heterocycles. The fraction of sp³-hybridized carbons (Fsp3) is 0.778. The van der Waals surface area contributed by atoms with Crippen LogP contribution in [0.1, 0.15) is 24.6 Å². The van der Waals surface area contributed by atoms with Crippen LogP contribution in [0.4, 0.5) is 0 Å². The third-order valence-electron chi connectivity index (χ3n) is 2.43. The molecule has 78 valence electrons. The summed E-state index contributed by atoms with van der Waals surface area (Å²) in [5.74, 6) is 0. The summed E-state index contributed by atoms with van der Waals surface area (Å²) in [5, 5.41) is 16.8. The summed E-state index contributed by atoms with van der Waals surface area (Å²) in [4.78, 5) is 0. The van der Waals surface area contributed by atoms with Crippen molar-refractivity contribution in [1.82, 2.24) is 15.0 Å². The molecule has 14 heavy (non-hydrogen) atoms. The van der Waals surface area contributed by atoms with Gasteiger partial charge in [0.2, 0.25) is 0 Å². The zero-order chi connectivity index (χ0) is 9.80. The highest BCUT2D eigenvalue weighted by molar-refractivity contribution is 4.94. The Morgan fingerprint density at radius 2 is 2.57 bits per heavy atom. The smallest absolute Gasteiger partial charge is 0.0828 e. The molecule has 1 aromatic heterocycles. The molecule has 1 fully saturated rings. The fourth-order valence-corrected chi connectivity index (χ4v) is 1.60. The summed E-state index contributed by atoms with van der Waals surface area (Å²) >= 11 is 0. The lowest BCUT2D eigenvalue weighted by atomic mass is 10.2. The standard InChI is InChI=1S/C9H15N3O2/c13-4-1-2-8-6-12(11-10-8)9-3-5-14-7-9/h6,9,13H,1-5,7H2. The summed E-state index contributed by atoms with van der Waals surface area (Å²) in [6.07, 6.45) is 4.52. The normalized spacial score (nSPS) is 21.6. The molecule has 0 saturated carbocycles. The summed E-state index contributed by atoms with van der Waals surface area (Å²) < 4.78 is 7.15. The highest BCUT2D eigenvalue weighted by Crippen LogP contribution is 2.17. The van der Waals surface area contributed by atoms with Gasteiger partial charge in [0.05, 0.1) is 18.3 Å². The van der Waals surface area contributed by atoms with Gasteiger partial charge < -0.3 is 9.84 Å². The number of hydrogen-bond donors (Lipinski definition) is 1. The van der Waals surface area contributed by atoms with Gasteiger partial charge in [0.25, 0.3) is 0 Å². The predicted octanol–water partition coefficient (Wildman–Crippen LogP) is 0.164. The van der Waals surface area contributed by atoms with Gasteiger partial charge in [0.1, 0.15) is 0 Å². The van der Waals surface area contributed by atoms with Gasteiger partial charge in [-0.25, -0.2) is 4.68 Å². The first-order chi connectivity index (χ1) is 6.90. The first kappa shape index (κ1) is 9.61. The van der Waals surface area contributed by atoms with Crippen molar-refractivity contribution in [1.29, 1.82) is 0 Å². The molecule has 0 aromatic carbocycles. The van der Waals surface area contributed by atoms with Crippen LogP contribution in [0.3, 0.4) is 0 Å². The van der Waals surface area contributed by atoms with E-state index in [1.807, 2.05) is 10.9 Å². The van der Waals surface area contributed by atoms with Gasteiger partial charge in [0, 0.05) is 19.4 Å². The van der Waals surface area contributed by atoms with Gasteiger partial charge in [-0.2, -0.15) is 0 Å². The van der Waals surface area contributed by atoms with Crippen LogP contribution in [0.25, 0.3) is 0 Å².